The Bertz CT molecular complexity index is 1200. The van der Waals surface area contributed by atoms with Gasteiger partial charge < -0.3 is 9.72 Å². The summed E-state index contributed by atoms with van der Waals surface area (Å²) in [5.41, 5.74) is 2.46. The number of thiazole rings is 1. The molecule has 2 aromatic carbocycles. The molecule has 1 aliphatic rings. The number of hydrogen-bond acceptors (Lipinski definition) is 5. The number of para-hydroxylation sites is 1. The highest BCUT2D eigenvalue weighted by molar-refractivity contribution is 7.22. The van der Waals surface area contributed by atoms with Crippen LogP contribution in [0.15, 0.2) is 48.7 Å². The molecule has 5 rings (SSSR count). The van der Waals surface area contributed by atoms with E-state index in [1.165, 1.54) is 11.3 Å². The maximum Gasteiger partial charge on any atom is 0.262 e. The SMILES string of the molecule is O=C(c1c[nH]c2ccccc12)N(CCN1CCOCC1)c1nc2ccc(Cl)cc2s1. The number of ether oxygens (including phenoxy) is 1. The van der Waals surface area contributed by atoms with E-state index in [-0.39, 0.29) is 5.91 Å². The van der Waals surface area contributed by atoms with Crippen LogP contribution in [0.25, 0.3) is 21.1 Å². The van der Waals surface area contributed by atoms with Gasteiger partial charge in [0, 0.05) is 48.3 Å². The first kappa shape index (κ1) is 19.5. The number of aromatic amines is 1. The summed E-state index contributed by atoms with van der Waals surface area (Å²) in [6, 6.07) is 13.5. The van der Waals surface area contributed by atoms with E-state index < -0.39 is 0 Å². The van der Waals surface area contributed by atoms with Crippen LogP contribution in [0.3, 0.4) is 0 Å². The number of carbonyl (C=O) groups is 1. The predicted octanol–water partition coefficient (Wildman–Crippen LogP) is 4.41. The van der Waals surface area contributed by atoms with Crippen molar-refractivity contribution >= 4 is 55.1 Å². The molecule has 30 heavy (non-hydrogen) atoms. The highest BCUT2D eigenvalue weighted by Crippen LogP contribution is 2.32. The monoisotopic (exact) mass is 440 g/mol. The van der Waals surface area contributed by atoms with Crippen LogP contribution >= 0.6 is 22.9 Å². The summed E-state index contributed by atoms with van der Waals surface area (Å²) in [7, 11) is 0. The molecule has 1 aliphatic heterocycles. The quantitative estimate of drug-likeness (QED) is 0.499. The topological polar surface area (TPSA) is 61.5 Å². The van der Waals surface area contributed by atoms with E-state index in [1.54, 1.807) is 11.1 Å². The highest BCUT2D eigenvalue weighted by Gasteiger charge is 2.24. The molecule has 1 fully saturated rings. The van der Waals surface area contributed by atoms with Crippen molar-refractivity contribution < 1.29 is 9.53 Å². The molecule has 2 aromatic heterocycles. The van der Waals surface area contributed by atoms with Crippen molar-refractivity contribution in [3.8, 4) is 0 Å². The predicted molar refractivity (Wildman–Crippen MR) is 122 cm³/mol. The molecule has 0 saturated carbocycles. The summed E-state index contributed by atoms with van der Waals surface area (Å²) < 4.78 is 6.42. The van der Waals surface area contributed by atoms with E-state index >= 15 is 0 Å². The number of aromatic nitrogens is 2. The molecule has 8 heteroatoms. The van der Waals surface area contributed by atoms with Crippen molar-refractivity contribution in [1.29, 1.82) is 0 Å². The Morgan fingerprint density at radius 1 is 1.23 bits per heavy atom. The maximum atomic E-state index is 13.6. The van der Waals surface area contributed by atoms with Crippen LogP contribution in [0.5, 0.6) is 0 Å². The van der Waals surface area contributed by atoms with Crippen molar-refractivity contribution in [2.24, 2.45) is 0 Å². The number of anilines is 1. The first-order valence-electron chi connectivity index (χ1n) is 9.93. The third-order valence-electron chi connectivity index (χ3n) is 5.38. The van der Waals surface area contributed by atoms with Crippen molar-refractivity contribution in [3.05, 3.63) is 59.2 Å². The average molecular weight is 441 g/mol. The minimum absolute atomic E-state index is 0.0501. The van der Waals surface area contributed by atoms with E-state index in [0.29, 0.717) is 22.3 Å². The fourth-order valence-electron chi connectivity index (χ4n) is 3.75. The largest absolute Gasteiger partial charge is 0.379 e. The standard InChI is InChI=1S/C22H21ClN4O2S/c23-15-5-6-19-20(13-15)30-22(25-19)27(8-7-26-9-11-29-12-10-26)21(28)17-14-24-18-4-2-1-3-16(17)18/h1-6,13-14,24H,7-12H2. The van der Waals surface area contributed by atoms with E-state index in [1.807, 2.05) is 42.5 Å². The van der Waals surface area contributed by atoms with Crippen LogP contribution in [0.4, 0.5) is 5.13 Å². The number of carbonyl (C=O) groups excluding carboxylic acids is 1. The number of nitrogens with zero attached hydrogens (tertiary/aromatic N) is 3. The van der Waals surface area contributed by atoms with Gasteiger partial charge in [-0.1, -0.05) is 41.1 Å². The second kappa shape index (κ2) is 8.35. The molecule has 3 heterocycles. The molecule has 4 aromatic rings. The second-order valence-electron chi connectivity index (χ2n) is 7.27. The van der Waals surface area contributed by atoms with Crippen LogP contribution in [0, 0.1) is 0 Å². The Hall–Kier alpha value is -2.45. The Kier molecular flexibility index (Phi) is 5.43. The molecule has 1 N–H and O–H groups in total. The van der Waals surface area contributed by atoms with Gasteiger partial charge in [-0.2, -0.15) is 0 Å². The Labute approximate surface area is 183 Å². The summed E-state index contributed by atoms with van der Waals surface area (Å²) in [5, 5.41) is 2.28. The molecule has 6 nitrogen and oxygen atoms in total. The van der Waals surface area contributed by atoms with Gasteiger partial charge in [0.2, 0.25) is 0 Å². The summed E-state index contributed by atoms with van der Waals surface area (Å²) >= 11 is 7.65. The Morgan fingerprint density at radius 3 is 2.93 bits per heavy atom. The van der Waals surface area contributed by atoms with Gasteiger partial charge in [-0.15, -0.1) is 0 Å². The molecule has 0 atom stereocenters. The first-order valence-corrected chi connectivity index (χ1v) is 11.1. The van der Waals surface area contributed by atoms with Gasteiger partial charge in [0.15, 0.2) is 5.13 Å². The molecule has 1 saturated heterocycles. The summed E-state index contributed by atoms with van der Waals surface area (Å²) in [4.78, 5) is 25.7. The van der Waals surface area contributed by atoms with Gasteiger partial charge in [-0.05, 0) is 24.3 Å². The molecule has 0 spiro atoms. The third-order valence-corrected chi connectivity index (χ3v) is 6.65. The molecule has 0 bridgehead atoms. The van der Waals surface area contributed by atoms with Crippen molar-refractivity contribution in [2.75, 3.05) is 44.3 Å². The van der Waals surface area contributed by atoms with E-state index in [9.17, 15) is 4.79 Å². The van der Waals surface area contributed by atoms with Gasteiger partial charge in [0.05, 0.1) is 29.0 Å². The molecular formula is C22H21ClN4O2S. The molecule has 154 valence electrons. The highest BCUT2D eigenvalue weighted by atomic mass is 35.5. The minimum Gasteiger partial charge on any atom is -0.379 e. The summed E-state index contributed by atoms with van der Waals surface area (Å²) in [5.74, 6) is -0.0501. The molecule has 0 radical (unpaired) electrons. The van der Waals surface area contributed by atoms with Gasteiger partial charge in [-0.3, -0.25) is 14.6 Å². The average Bonchev–Trinajstić information content (AvgIpc) is 3.38. The molecule has 0 unspecified atom stereocenters. The number of H-pyrrole nitrogens is 1. The van der Waals surface area contributed by atoms with Crippen LogP contribution in [-0.2, 0) is 4.74 Å². The normalized spacial score (nSPS) is 15.1. The Morgan fingerprint density at radius 2 is 2.07 bits per heavy atom. The van der Waals surface area contributed by atoms with Gasteiger partial charge in [-0.25, -0.2) is 4.98 Å². The molecular weight excluding hydrogens is 420 g/mol. The fraction of sp³-hybridized carbons (Fsp3) is 0.273. The maximum absolute atomic E-state index is 13.6. The molecule has 1 amide bonds. The first-order chi connectivity index (χ1) is 14.7. The van der Waals surface area contributed by atoms with E-state index in [4.69, 9.17) is 21.3 Å². The lowest BCUT2D eigenvalue weighted by atomic mass is 10.1. The van der Waals surface area contributed by atoms with E-state index in [0.717, 1.165) is 54.0 Å². The zero-order chi connectivity index (χ0) is 20.5. The van der Waals surface area contributed by atoms with Crippen molar-refractivity contribution in [2.45, 2.75) is 0 Å². The summed E-state index contributed by atoms with van der Waals surface area (Å²) in [6.45, 7) is 4.56. The van der Waals surface area contributed by atoms with E-state index in [2.05, 4.69) is 9.88 Å². The number of rotatable bonds is 5. The van der Waals surface area contributed by atoms with Crippen LogP contribution in [0.1, 0.15) is 10.4 Å². The van der Waals surface area contributed by atoms with Crippen LogP contribution in [-0.4, -0.2) is 60.2 Å². The van der Waals surface area contributed by atoms with Crippen molar-refractivity contribution in [3.63, 3.8) is 0 Å². The van der Waals surface area contributed by atoms with Gasteiger partial charge in [0.1, 0.15) is 0 Å². The zero-order valence-corrected chi connectivity index (χ0v) is 17.9. The number of hydrogen-bond donors (Lipinski definition) is 1. The number of morpholine rings is 1. The van der Waals surface area contributed by atoms with Gasteiger partial charge in [0.25, 0.3) is 5.91 Å². The lowest BCUT2D eigenvalue weighted by molar-refractivity contribution is 0.0391. The number of nitrogens with one attached hydrogen (secondary N) is 1. The lowest BCUT2D eigenvalue weighted by Gasteiger charge is -2.29. The smallest absolute Gasteiger partial charge is 0.262 e. The Balaban J connectivity index is 1.50. The van der Waals surface area contributed by atoms with Crippen LogP contribution in [0.2, 0.25) is 5.02 Å². The third kappa shape index (κ3) is 3.81. The molecule has 0 aliphatic carbocycles. The summed E-state index contributed by atoms with van der Waals surface area (Å²) in [6.07, 6.45) is 1.79. The number of fused-ring (bicyclic) bond motifs is 2. The van der Waals surface area contributed by atoms with Crippen molar-refractivity contribution in [1.82, 2.24) is 14.9 Å². The number of halogens is 1. The zero-order valence-electron chi connectivity index (χ0n) is 16.3. The number of benzene rings is 2. The minimum atomic E-state index is -0.0501. The van der Waals surface area contributed by atoms with Gasteiger partial charge >= 0.3 is 0 Å². The lowest BCUT2D eigenvalue weighted by Crippen LogP contribution is -2.43. The fourth-order valence-corrected chi connectivity index (χ4v) is 5.01. The second-order valence-corrected chi connectivity index (χ2v) is 8.71. The van der Waals surface area contributed by atoms with Crippen LogP contribution < -0.4 is 4.90 Å². The number of amides is 1.